The van der Waals surface area contributed by atoms with E-state index in [1.54, 1.807) is 12.1 Å². The third-order valence-corrected chi connectivity index (χ3v) is 3.05. The van der Waals surface area contributed by atoms with E-state index in [2.05, 4.69) is 15.4 Å². The molecule has 3 nitrogen and oxygen atoms in total. The van der Waals surface area contributed by atoms with Gasteiger partial charge in [0.15, 0.2) is 5.75 Å². The van der Waals surface area contributed by atoms with Crippen LogP contribution in [0.15, 0.2) is 24.3 Å². The van der Waals surface area contributed by atoms with Crippen LogP contribution in [0.3, 0.4) is 0 Å². The molecule has 2 rings (SSSR count). The first kappa shape index (κ1) is 14.0. The van der Waals surface area contributed by atoms with Gasteiger partial charge in [0.2, 0.25) is 0 Å². The monoisotopic (exact) mass is 274 g/mol. The summed E-state index contributed by atoms with van der Waals surface area (Å²) in [5.74, 6) is -0.174. The molecule has 106 valence electrons. The van der Waals surface area contributed by atoms with Crippen LogP contribution in [0.5, 0.6) is 5.75 Å². The standard InChI is InChI=1S/C13H17F3N2O/c14-13(15,16)19-12-6-2-1-5-11(12)18-10-4-3-8-17-9-7-10/h1-2,5-6,10,17-18H,3-4,7-9H2. The molecule has 1 atom stereocenters. The van der Waals surface area contributed by atoms with Crippen LogP contribution in [0.1, 0.15) is 19.3 Å². The molecule has 1 saturated heterocycles. The third-order valence-electron chi connectivity index (χ3n) is 3.05. The highest BCUT2D eigenvalue weighted by Gasteiger charge is 2.32. The molecule has 1 aromatic carbocycles. The predicted molar refractivity (Wildman–Crippen MR) is 67.3 cm³/mol. The molecule has 0 saturated carbocycles. The Labute approximate surface area is 110 Å². The van der Waals surface area contributed by atoms with Gasteiger partial charge in [-0.25, -0.2) is 0 Å². The highest BCUT2D eigenvalue weighted by molar-refractivity contribution is 5.56. The largest absolute Gasteiger partial charge is 0.573 e. The van der Waals surface area contributed by atoms with Gasteiger partial charge < -0.3 is 15.4 Å². The van der Waals surface area contributed by atoms with E-state index in [-0.39, 0.29) is 11.8 Å². The lowest BCUT2D eigenvalue weighted by atomic mass is 10.1. The van der Waals surface area contributed by atoms with Gasteiger partial charge in [-0.3, -0.25) is 0 Å². The molecular formula is C13H17F3N2O. The van der Waals surface area contributed by atoms with Crippen molar-refractivity contribution in [1.29, 1.82) is 0 Å². The zero-order chi connectivity index (χ0) is 13.7. The van der Waals surface area contributed by atoms with Crippen molar-refractivity contribution < 1.29 is 17.9 Å². The average molecular weight is 274 g/mol. The minimum atomic E-state index is -4.66. The smallest absolute Gasteiger partial charge is 0.404 e. The molecule has 0 spiro atoms. The van der Waals surface area contributed by atoms with Gasteiger partial charge in [0.25, 0.3) is 0 Å². The van der Waals surface area contributed by atoms with Crippen LogP contribution < -0.4 is 15.4 Å². The van der Waals surface area contributed by atoms with Crippen molar-refractivity contribution in [3.8, 4) is 5.75 Å². The van der Waals surface area contributed by atoms with E-state index in [1.807, 2.05) is 0 Å². The number of rotatable bonds is 3. The normalized spacial score (nSPS) is 20.7. The first-order valence-electron chi connectivity index (χ1n) is 6.36. The molecule has 0 radical (unpaired) electrons. The van der Waals surface area contributed by atoms with Crippen molar-refractivity contribution in [2.24, 2.45) is 0 Å². The Kier molecular flexibility index (Phi) is 4.52. The van der Waals surface area contributed by atoms with Gasteiger partial charge >= 0.3 is 6.36 Å². The molecule has 19 heavy (non-hydrogen) atoms. The number of benzene rings is 1. The summed E-state index contributed by atoms with van der Waals surface area (Å²) >= 11 is 0. The Bertz CT molecular complexity index is 401. The second-order valence-electron chi connectivity index (χ2n) is 4.57. The number of para-hydroxylation sites is 2. The van der Waals surface area contributed by atoms with Crippen LogP contribution in [0, 0.1) is 0 Å². The molecule has 2 N–H and O–H groups in total. The van der Waals surface area contributed by atoms with Crippen LogP contribution in [0.25, 0.3) is 0 Å². The summed E-state index contributed by atoms with van der Waals surface area (Å²) in [6.07, 6.45) is -1.82. The van der Waals surface area contributed by atoms with Gasteiger partial charge in [-0.2, -0.15) is 0 Å². The Morgan fingerprint density at radius 3 is 2.74 bits per heavy atom. The van der Waals surface area contributed by atoms with Crippen molar-refractivity contribution in [3.63, 3.8) is 0 Å². The number of hydrogen-bond acceptors (Lipinski definition) is 3. The van der Waals surface area contributed by atoms with E-state index in [0.717, 1.165) is 32.4 Å². The van der Waals surface area contributed by atoms with Crippen LogP contribution in [0.4, 0.5) is 18.9 Å². The molecule has 1 aliphatic heterocycles. The molecule has 1 unspecified atom stereocenters. The van der Waals surface area contributed by atoms with E-state index in [9.17, 15) is 13.2 Å². The summed E-state index contributed by atoms with van der Waals surface area (Å²) in [7, 11) is 0. The summed E-state index contributed by atoms with van der Waals surface area (Å²) in [6.45, 7) is 1.83. The van der Waals surface area contributed by atoms with Crippen LogP contribution in [-0.4, -0.2) is 25.5 Å². The number of alkyl halides is 3. The highest BCUT2D eigenvalue weighted by atomic mass is 19.4. The highest BCUT2D eigenvalue weighted by Crippen LogP contribution is 2.31. The van der Waals surface area contributed by atoms with Gasteiger partial charge in [0.05, 0.1) is 5.69 Å². The molecule has 6 heteroatoms. The molecule has 0 aliphatic carbocycles. The quantitative estimate of drug-likeness (QED) is 0.888. The first-order chi connectivity index (χ1) is 9.04. The van der Waals surface area contributed by atoms with Gasteiger partial charge in [0, 0.05) is 6.04 Å². The molecule has 0 bridgehead atoms. The Morgan fingerprint density at radius 1 is 1.16 bits per heavy atom. The molecule has 1 aromatic rings. The van der Waals surface area contributed by atoms with Crippen molar-refractivity contribution in [3.05, 3.63) is 24.3 Å². The topological polar surface area (TPSA) is 33.3 Å². The maximum atomic E-state index is 12.3. The Morgan fingerprint density at radius 2 is 1.95 bits per heavy atom. The fraction of sp³-hybridized carbons (Fsp3) is 0.538. The molecule has 0 aromatic heterocycles. The molecular weight excluding hydrogens is 257 g/mol. The predicted octanol–water partition coefficient (Wildman–Crippen LogP) is 3.14. The van der Waals surface area contributed by atoms with Crippen molar-refractivity contribution in [2.75, 3.05) is 18.4 Å². The number of hydrogen-bond donors (Lipinski definition) is 2. The Hall–Kier alpha value is -1.43. The van der Waals surface area contributed by atoms with E-state index in [0.29, 0.717) is 5.69 Å². The minimum Gasteiger partial charge on any atom is -0.404 e. The summed E-state index contributed by atoms with van der Waals surface area (Å²) in [5, 5.41) is 6.41. The van der Waals surface area contributed by atoms with Gasteiger partial charge in [-0.1, -0.05) is 12.1 Å². The SMILES string of the molecule is FC(F)(F)Oc1ccccc1NC1CCCNCC1. The van der Waals surface area contributed by atoms with E-state index in [1.165, 1.54) is 12.1 Å². The number of nitrogens with one attached hydrogen (secondary N) is 2. The summed E-state index contributed by atoms with van der Waals surface area (Å²) in [5.41, 5.74) is 0.395. The molecule has 1 heterocycles. The van der Waals surface area contributed by atoms with Crippen LogP contribution in [0.2, 0.25) is 0 Å². The van der Waals surface area contributed by atoms with E-state index >= 15 is 0 Å². The maximum absolute atomic E-state index is 12.3. The second kappa shape index (κ2) is 6.14. The van der Waals surface area contributed by atoms with E-state index < -0.39 is 6.36 Å². The third kappa shape index (κ3) is 4.63. The zero-order valence-electron chi connectivity index (χ0n) is 10.5. The summed E-state index contributed by atoms with van der Waals surface area (Å²) in [6, 6.07) is 6.33. The average Bonchev–Trinajstić information content (AvgIpc) is 2.58. The lowest BCUT2D eigenvalue weighted by Gasteiger charge is -2.20. The number of halogens is 3. The van der Waals surface area contributed by atoms with Crippen molar-refractivity contribution in [2.45, 2.75) is 31.7 Å². The minimum absolute atomic E-state index is 0.174. The van der Waals surface area contributed by atoms with Gasteiger partial charge in [0.1, 0.15) is 0 Å². The zero-order valence-corrected chi connectivity index (χ0v) is 10.5. The van der Waals surface area contributed by atoms with Crippen LogP contribution >= 0.6 is 0 Å². The fourth-order valence-electron chi connectivity index (χ4n) is 2.18. The second-order valence-corrected chi connectivity index (χ2v) is 4.57. The summed E-state index contributed by atoms with van der Waals surface area (Å²) < 4.78 is 40.9. The molecule has 1 fully saturated rings. The summed E-state index contributed by atoms with van der Waals surface area (Å²) in [4.78, 5) is 0. The van der Waals surface area contributed by atoms with Gasteiger partial charge in [-0.05, 0) is 44.5 Å². The lowest BCUT2D eigenvalue weighted by molar-refractivity contribution is -0.274. The van der Waals surface area contributed by atoms with Gasteiger partial charge in [-0.15, -0.1) is 13.2 Å². The lowest BCUT2D eigenvalue weighted by Crippen LogP contribution is -2.23. The molecule has 0 amide bonds. The number of anilines is 1. The molecule has 1 aliphatic rings. The van der Waals surface area contributed by atoms with Crippen LogP contribution in [-0.2, 0) is 0 Å². The number of ether oxygens (including phenoxy) is 1. The van der Waals surface area contributed by atoms with Crippen molar-refractivity contribution >= 4 is 5.69 Å². The van der Waals surface area contributed by atoms with Crippen molar-refractivity contribution in [1.82, 2.24) is 5.32 Å². The Balaban J connectivity index is 2.06. The fourth-order valence-corrected chi connectivity index (χ4v) is 2.18. The maximum Gasteiger partial charge on any atom is 0.573 e. The van der Waals surface area contributed by atoms with E-state index in [4.69, 9.17) is 0 Å². The first-order valence-corrected chi connectivity index (χ1v) is 6.36.